The van der Waals surface area contributed by atoms with Crippen molar-refractivity contribution in [2.24, 2.45) is 0 Å². The topological polar surface area (TPSA) is 75.0 Å². The maximum Gasteiger partial charge on any atom is 0.347 e. The number of hydrogen-bond donors (Lipinski definition) is 0. The molecule has 0 aliphatic heterocycles. The van der Waals surface area contributed by atoms with Crippen LogP contribution in [0.3, 0.4) is 0 Å². The monoisotopic (exact) mass is 410 g/mol. The Morgan fingerprint density at radius 3 is 2.57 bits per heavy atom. The normalized spacial score (nSPS) is 13.0. The molecule has 1 heterocycles. The molecule has 0 saturated carbocycles. The second-order valence-electron chi connectivity index (χ2n) is 7.37. The van der Waals surface area contributed by atoms with E-state index in [-0.39, 0.29) is 17.3 Å². The zero-order valence-electron chi connectivity index (χ0n) is 17.9. The van der Waals surface area contributed by atoms with Gasteiger partial charge in [0, 0.05) is 6.07 Å². The van der Waals surface area contributed by atoms with Gasteiger partial charge in [0.1, 0.15) is 23.3 Å². The number of carbonyl (C=O) groups excluding carboxylic acids is 1. The summed E-state index contributed by atoms with van der Waals surface area (Å²) in [6, 6.07) is 10.6. The molecular formula is C24H26O6. The fourth-order valence-electron chi connectivity index (χ4n) is 2.80. The van der Waals surface area contributed by atoms with Crippen LogP contribution in [0.2, 0.25) is 0 Å². The van der Waals surface area contributed by atoms with E-state index in [1.165, 1.54) is 6.26 Å². The third-order valence-electron chi connectivity index (χ3n) is 4.82. The summed E-state index contributed by atoms with van der Waals surface area (Å²) < 4.78 is 22.3. The van der Waals surface area contributed by atoms with Crippen LogP contribution in [0.1, 0.15) is 38.3 Å². The number of esters is 1. The van der Waals surface area contributed by atoms with Crippen molar-refractivity contribution in [3.8, 4) is 17.2 Å². The third kappa shape index (κ3) is 4.82. The summed E-state index contributed by atoms with van der Waals surface area (Å²) in [6.07, 6.45) is 1.06. The van der Waals surface area contributed by atoms with Crippen LogP contribution >= 0.6 is 0 Å². The van der Waals surface area contributed by atoms with Gasteiger partial charge in [-0.25, -0.2) is 4.79 Å². The molecule has 2 aromatic carbocycles. The van der Waals surface area contributed by atoms with Gasteiger partial charge in [0.05, 0.1) is 11.5 Å². The number of carbonyl (C=O) groups is 1. The van der Waals surface area contributed by atoms with Gasteiger partial charge in [-0.15, -0.1) is 0 Å². The van der Waals surface area contributed by atoms with Crippen LogP contribution in [0.4, 0.5) is 0 Å². The van der Waals surface area contributed by atoms with Gasteiger partial charge in [0.2, 0.25) is 11.2 Å². The minimum Gasteiger partial charge on any atom is -0.479 e. The molecule has 3 aromatic rings. The number of hydrogen-bond acceptors (Lipinski definition) is 6. The van der Waals surface area contributed by atoms with Crippen LogP contribution in [0, 0.1) is 13.8 Å². The van der Waals surface area contributed by atoms with Gasteiger partial charge in [-0.2, -0.15) is 0 Å². The van der Waals surface area contributed by atoms with Crippen LogP contribution in [-0.4, -0.2) is 18.2 Å². The van der Waals surface area contributed by atoms with Gasteiger partial charge < -0.3 is 18.6 Å². The smallest absolute Gasteiger partial charge is 0.347 e. The lowest BCUT2D eigenvalue weighted by molar-refractivity contribution is -0.155. The van der Waals surface area contributed by atoms with Crippen molar-refractivity contribution in [2.45, 2.75) is 53.2 Å². The van der Waals surface area contributed by atoms with Gasteiger partial charge in [0.25, 0.3) is 0 Å². The van der Waals surface area contributed by atoms with Crippen LogP contribution in [0.15, 0.2) is 51.9 Å². The summed E-state index contributed by atoms with van der Waals surface area (Å²) in [6.45, 7) is 9.25. The Hall–Kier alpha value is -3.28. The van der Waals surface area contributed by atoms with Crippen LogP contribution < -0.4 is 14.9 Å². The third-order valence-corrected chi connectivity index (χ3v) is 4.82. The van der Waals surface area contributed by atoms with Crippen molar-refractivity contribution < 1.29 is 23.4 Å². The Morgan fingerprint density at radius 1 is 1.07 bits per heavy atom. The summed E-state index contributed by atoms with van der Waals surface area (Å²) in [5.41, 5.74) is 2.01. The van der Waals surface area contributed by atoms with Crippen molar-refractivity contribution in [1.82, 2.24) is 0 Å². The maximum absolute atomic E-state index is 12.8. The van der Waals surface area contributed by atoms with E-state index in [1.54, 1.807) is 25.1 Å². The van der Waals surface area contributed by atoms with E-state index in [2.05, 4.69) is 0 Å². The summed E-state index contributed by atoms with van der Waals surface area (Å²) in [5.74, 6) is 0.677. The number of aryl methyl sites for hydroxylation is 2. The molecule has 0 fully saturated rings. The van der Waals surface area contributed by atoms with Crippen molar-refractivity contribution in [1.29, 1.82) is 0 Å². The highest BCUT2D eigenvalue weighted by atomic mass is 16.6. The molecule has 0 radical (unpaired) electrons. The van der Waals surface area contributed by atoms with Gasteiger partial charge in [0.15, 0.2) is 6.10 Å². The van der Waals surface area contributed by atoms with Gasteiger partial charge in [-0.1, -0.05) is 19.1 Å². The first-order valence-electron chi connectivity index (χ1n) is 9.96. The largest absolute Gasteiger partial charge is 0.479 e. The lowest BCUT2D eigenvalue weighted by Gasteiger charge is -2.17. The first kappa shape index (κ1) is 21.4. The van der Waals surface area contributed by atoms with E-state index in [9.17, 15) is 9.59 Å². The summed E-state index contributed by atoms with van der Waals surface area (Å²) in [4.78, 5) is 24.9. The zero-order valence-corrected chi connectivity index (χ0v) is 17.9. The molecule has 0 N–H and O–H groups in total. The molecule has 158 valence electrons. The zero-order chi connectivity index (χ0) is 21.8. The highest BCUT2D eigenvalue weighted by Crippen LogP contribution is 2.27. The lowest BCUT2D eigenvalue weighted by Crippen LogP contribution is -2.29. The standard InChI is InChI=1S/C24H26O6/c1-6-16(4)28-24(26)17(5)29-18-9-10-19-21(12-18)27-13-22(23(19)25)30-20-11-14(2)7-8-15(20)3/h7-13,16-17H,6H2,1-5H3. The van der Waals surface area contributed by atoms with Gasteiger partial charge in [-0.3, -0.25) is 4.79 Å². The molecule has 6 nitrogen and oxygen atoms in total. The van der Waals surface area contributed by atoms with E-state index < -0.39 is 12.1 Å². The number of ether oxygens (including phenoxy) is 3. The molecule has 30 heavy (non-hydrogen) atoms. The SMILES string of the molecule is CCC(C)OC(=O)C(C)Oc1ccc2c(=O)c(Oc3cc(C)ccc3C)coc2c1. The van der Waals surface area contributed by atoms with Crippen molar-refractivity contribution >= 4 is 16.9 Å². The molecule has 0 bridgehead atoms. The van der Waals surface area contributed by atoms with Crippen molar-refractivity contribution in [3.63, 3.8) is 0 Å². The molecule has 2 atom stereocenters. The fourth-order valence-corrected chi connectivity index (χ4v) is 2.80. The molecule has 0 saturated heterocycles. The van der Waals surface area contributed by atoms with E-state index in [0.29, 0.717) is 22.5 Å². The average Bonchev–Trinajstić information content (AvgIpc) is 2.72. The Labute approximate surface area is 175 Å². The second-order valence-corrected chi connectivity index (χ2v) is 7.37. The van der Waals surface area contributed by atoms with Gasteiger partial charge >= 0.3 is 5.97 Å². The van der Waals surface area contributed by atoms with Crippen LogP contribution in [0.5, 0.6) is 17.2 Å². The minimum absolute atomic E-state index is 0.107. The average molecular weight is 410 g/mol. The Morgan fingerprint density at radius 2 is 1.83 bits per heavy atom. The molecule has 0 aliphatic rings. The maximum atomic E-state index is 12.8. The van der Waals surface area contributed by atoms with Crippen LogP contribution in [0.25, 0.3) is 11.0 Å². The Kier molecular flexibility index (Phi) is 6.45. The Bertz CT molecular complexity index is 1110. The molecule has 3 rings (SSSR count). The number of fused-ring (bicyclic) bond motifs is 1. The molecule has 0 aliphatic carbocycles. The highest BCUT2D eigenvalue weighted by Gasteiger charge is 2.19. The highest BCUT2D eigenvalue weighted by molar-refractivity contribution is 5.79. The molecule has 2 unspecified atom stereocenters. The molecule has 6 heteroatoms. The van der Waals surface area contributed by atoms with Crippen molar-refractivity contribution in [2.75, 3.05) is 0 Å². The number of benzene rings is 2. The second kappa shape index (κ2) is 9.03. The van der Waals surface area contributed by atoms with Crippen LogP contribution in [-0.2, 0) is 9.53 Å². The van der Waals surface area contributed by atoms with Gasteiger partial charge in [-0.05, 0) is 63.4 Å². The quantitative estimate of drug-likeness (QED) is 0.491. The predicted octanol–water partition coefficient (Wildman–Crippen LogP) is 5.31. The Balaban J connectivity index is 1.81. The van der Waals surface area contributed by atoms with E-state index in [1.807, 2.05) is 45.9 Å². The first-order valence-corrected chi connectivity index (χ1v) is 9.96. The lowest BCUT2D eigenvalue weighted by atomic mass is 10.1. The summed E-state index contributed by atoms with van der Waals surface area (Å²) in [5, 5.41) is 0.361. The van der Waals surface area contributed by atoms with Crippen molar-refractivity contribution in [3.05, 3.63) is 64.0 Å². The fraction of sp³-hybridized carbons (Fsp3) is 0.333. The minimum atomic E-state index is -0.782. The molecular weight excluding hydrogens is 384 g/mol. The molecule has 0 spiro atoms. The van der Waals surface area contributed by atoms with E-state index in [0.717, 1.165) is 17.5 Å². The summed E-state index contributed by atoms with van der Waals surface area (Å²) >= 11 is 0. The predicted molar refractivity (Wildman–Crippen MR) is 114 cm³/mol. The van der Waals surface area contributed by atoms with E-state index in [4.69, 9.17) is 18.6 Å². The van der Waals surface area contributed by atoms with E-state index >= 15 is 0 Å². The molecule has 0 amide bonds. The summed E-state index contributed by atoms with van der Waals surface area (Å²) in [7, 11) is 0. The first-order chi connectivity index (χ1) is 14.3. The molecule has 1 aromatic heterocycles. The number of rotatable bonds is 7.